The van der Waals surface area contributed by atoms with E-state index < -0.39 is 11.5 Å². The molecule has 5 heteroatoms. The van der Waals surface area contributed by atoms with E-state index in [2.05, 4.69) is 13.8 Å². The third-order valence-electron chi connectivity index (χ3n) is 10.3. The Labute approximate surface area is 279 Å². The molecule has 3 unspecified atom stereocenters. The van der Waals surface area contributed by atoms with Gasteiger partial charge in [0.05, 0.1) is 19.3 Å². The normalized spacial score (nSPS) is 20.6. The molecule has 3 fully saturated rings. The van der Waals surface area contributed by atoms with Gasteiger partial charge in [0.1, 0.15) is 5.92 Å². The third kappa shape index (κ3) is 17.0. The molecule has 264 valence electrons. The molecule has 0 aromatic heterocycles. The van der Waals surface area contributed by atoms with Gasteiger partial charge >= 0.3 is 11.9 Å². The van der Waals surface area contributed by atoms with E-state index in [4.69, 9.17) is 14.2 Å². The first kappa shape index (κ1) is 40.1. The van der Waals surface area contributed by atoms with Crippen LogP contribution in [-0.4, -0.2) is 36.9 Å². The number of rotatable bonds is 32. The second-order valence-electron chi connectivity index (χ2n) is 14.4. The Hall–Kier alpha value is -1.10. The van der Waals surface area contributed by atoms with Crippen molar-refractivity contribution in [3.05, 3.63) is 0 Å². The second kappa shape index (κ2) is 26.9. The molecule has 3 aliphatic rings. The van der Waals surface area contributed by atoms with Crippen molar-refractivity contribution in [2.24, 2.45) is 5.92 Å². The lowest BCUT2D eigenvalue weighted by molar-refractivity contribution is -0.284. The maximum atomic E-state index is 13.1. The first-order chi connectivity index (χ1) is 22.2. The van der Waals surface area contributed by atoms with Crippen molar-refractivity contribution in [2.45, 2.75) is 225 Å². The van der Waals surface area contributed by atoms with Crippen molar-refractivity contribution in [2.75, 3.05) is 13.2 Å². The number of fused-ring (bicyclic) bond motifs is 2. The number of unbranched alkanes of at least 4 members (excludes halogenated alkanes) is 26. The van der Waals surface area contributed by atoms with E-state index in [0.29, 0.717) is 19.6 Å². The molecular weight excluding hydrogens is 560 g/mol. The van der Waals surface area contributed by atoms with Crippen molar-refractivity contribution in [3.8, 4) is 0 Å². The Morgan fingerprint density at radius 3 is 1.27 bits per heavy atom. The number of carbonyl (C=O) groups excluding carboxylic acids is 2. The van der Waals surface area contributed by atoms with E-state index >= 15 is 0 Å². The predicted octanol–water partition coefficient (Wildman–Crippen LogP) is 12.0. The number of hydrogen-bond donors (Lipinski definition) is 0. The summed E-state index contributed by atoms with van der Waals surface area (Å²) in [6.07, 6.45) is 38.6. The van der Waals surface area contributed by atoms with E-state index in [0.717, 1.165) is 38.5 Å². The molecule has 0 radical (unpaired) electrons. The fraction of sp³-hybridized carbons (Fsp3) is 0.950. The Bertz CT molecular complexity index is 719. The van der Waals surface area contributed by atoms with E-state index in [-0.39, 0.29) is 18.0 Å². The molecular formula is C40H74O5. The van der Waals surface area contributed by atoms with Gasteiger partial charge in [-0.1, -0.05) is 181 Å². The molecule has 2 aliphatic heterocycles. The van der Waals surface area contributed by atoms with Gasteiger partial charge in [0.15, 0.2) is 5.60 Å². The highest BCUT2D eigenvalue weighted by atomic mass is 16.6. The first-order valence-corrected chi connectivity index (χ1v) is 20.2. The molecule has 0 aromatic rings. The summed E-state index contributed by atoms with van der Waals surface area (Å²) in [4.78, 5) is 26.0. The van der Waals surface area contributed by atoms with Crippen molar-refractivity contribution in [3.63, 3.8) is 0 Å². The molecule has 0 N–H and O–H groups in total. The summed E-state index contributed by atoms with van der Waals surface area (Å²) >= 11 is 0. The average Bonchev–Trinajstić information content (AvgIpc) is 3.04. The van der Waals surface area contributed by atoms with E-state index in [1.54, 1.807) is 0 Å². The molecule has 3 atom stereocenters. The number of ether oxygens (including phenoxy) is 3. The molecule has 2 heterocycles. The summed E-state index contributed by atoms with van der Waals surface area (Å²) in [6, 6.07) is 0. The van der Waals surface area contributed by atoms with Crippen LogP contribution in [0.2, 0.25) is 0 Å². The highest BCUT2D eigenvalue weighted by Crippen LogP contribution is 2.50. The fourth-order valence-electron chi connectivity index (χ4n) is 7.41. The van der Waals surface area contributed by atoms with Crippen LogP contribution in [-0.2, 0) is 23.8 Å². The lowest BCUT2D eigenvalue weighted by Crippen LogP contribution is -2.70. The standard InChI is InChI=1S/C40H74O5/c1-3-5-7-9-11-13-15-17-19-21-23-25-27-29-34-43-38(41)37-36-32-31-33-40(37,45-36)39(42)44-35-30-28-26-24-22-20-18-16-14-12-10-8-6-4-2/h36-37H,3-35H2,1-2H3. The van der Waals surface area contributed by atoms with Crippen LogP contribution < -0.4 is 0 Å². The molecule has 0 aromatic carbocycles. The summed E-state index contributed by atoms with van der Waals surface area (Å²) in [5.74, 6) is -1.08. The molecule has 2 bridgehead atoms. The highest BCUT2D eigenvalue weighted by Gasteiger charge is 2.67. The molecule has 3 rings (SSSR count). The minimum Gasteiger partial charge on any atom is -0.465 e. The van der Waals surface area contributed by atoms with Gasteiger partial charge in [0.2, 0.25) is 0 Å². The molecule has 1 saturated carbocycles. The lowest BCUT2D eigenvalue weighted by atomic mass is 9.67. The van der Waals surface area contributed by atoms with Crippen molar-refractivity contribution < 1.29 is 23.8 Å². The van der Waals surface area contributed by atoms with Gasteiger partial charge in [0, 0.05) is 0 Å². The summed E-state index contributed by atoms with van der Waals surface area (Å²) < 4.78 is 17.3. The van der Waals surface area contributed by atoms with Crippen LogP contribution in [0, 0.1) is 5.92 Å². The Morgan fingerprint density at radius 1 is 0.533 bits per heavy atom. The zero-order valence-corrected chi connectivity index (χ0v) is 30.0. The quantitative estimate of drug-likeness (QED) is 0.0544. The van der Waals surface area contributed by atoms with Crippen LogP contribution in [0.4, 0.5) is 0 Å². The SMILES string of the molecule is CCCCCCCCCCCCCCCCOC(=O)C1C2CCCC1(C(=O)OCCCCCCCCCCCCCCCC)O2. The van der Waals surface area contributed by atoms with Crippen LogP contribution in [0.1, 0.15) is 213 Å². The van der Waals surface area contributed by atoms with Crippen LogP contribution in [0.3, 0.4) is 0 Å². The fourth-order valence-corrected chi connectivity index (χ4v) is 7.41. The molecule has 2 saturated heterocycles. The minimum absolute atomic E-state index is 0.184. The van der Waals surface area contributed by atoms with E-state index in [1.165, 1.54) is 154 Å². The predicted molar refractivity (Wildman–Crippen MR) is 187 cm³/mol. The molecule has 45 heavy (non-hydrogen) atoms. The van der Waals surface area contributed by atoms with Gasteiger partial charge in [-0.15, -0.1) is 0 Å². The maximum absolute atomic E-state index is 13.1. The summed E-state index contributed by atoms with van der Waals surface area (Å²) in [5, 5.41) is 0. The van der Waals surface area contributed by atoms with Crippen LogP contribution >= 0.6 is 0 Å². The van der Waals surface area contributed by atoms with E-state index in [1.807, 2.05) is 0 Å². The smallest absolute Gasteiger partial charge is 0.339 e. The maximum Gasteiger partial charge on any atom is 0.339 e. The van der Waals surface area contributed by atoms with Gasteiger partial charge in [0.25, 0.3) is 0 Å². The minimum atomic E-state index is -1.09. The number of esters is 2. The first-order valence-electron chi connectivity index (χ1n) is 20.2. The topological polar surface area (TPSA) is 61.8 Å². The van der Waals surface area contributed by atoms with Gasteiger partial charge in [-0.2, -0.15) is 0 Å². The summed E-state index contributed by atoms with van der Waals surface area (Å²) in [6.45, 7) is 5.42. The van der Waals surface area contributed by atoms with Crippen LogP contribution in [0.25, 0.3) is 0 Å². The Morgan fingerprint density at radius 2 is 0.889 bits per heavy atom. The van der Waals surface area contributed by atoms with Crippen molar-refractivity contribution >= 4 is 11.9 Å². The Balaban J connectivity index is 1.44. The molecule has 0 amide bonds. The molecule has 0 spiro atoms. The zero-order chi connectivity index (χ0) is 32.3. The monoisotopic (exact) mass is 635 g/mol. The molecule has 5 nitrogen and oxygen atoms in total. The van der Waals surface area contributed by atoms with Crippen LogP contribution in [0.5, 0.6) is 0 Å². The summed E-state index contributed by atoms with van der Waals surface area (Å²) in [5.41, 5.74) is -1.09. The highest BCUT2D eigenvalue weighted by molar-refractivity contribution is 5.90. The van der Waals surface area contributed by atoms with Gasteiger partial charge in [-0.05, 0) is 32.1 Å². The average molecular weight is 635 g/mol. The third-order valence-corrected chi connectivity index (χ3v) is 10.3. The lowest BCUT2D eigenvalue weighted by Gasteiger charge is -2.54. The zero-order valence-electron chi connectivity index (χ0n) is 30.0. The van der Waals surface area contributed by atoms with E-state index in [9.17, 15) is 9.59 Å². The molecule has 1 aliphatic carbocycles. The largest absolute Gasteiger partial charge is 0.465 e. The van der Waals surface area contributed by atoms with Crippen molar-refractivity contribution in [1.29, 1.82) is 0 Å². The summed E-state index contributed by atoms with van der Waals surface area (Å²) in [7, 11) is 0. The van der Waals surface area contributed by atoms with Gasteiger partial charge in [-0.3, -0.25) is 4.79 Å². The van der Waals surface area contributed by atoms with Crippen LogP contribution in [0.15, 0.2) is 0 Å². The second-order valence-corrected chi connectivity index (χ2v) is 14.4. The Kier molecular flexibility index (Phi) is 24.0. The number of carbonyl (C=O) groups is 2. The van der Waals surface area contributed by atoms with Gasteiger partial charge in [-0.25, -0.2) is 4.79 Å². The van der Waals surface area contributed by atoms with Crippen molar-refractivity contribution in [1.82, 2.24) is 0 Å². The van der Waals surface area contributed by atoms with Gasteiger partial charge < -0.3 is 14.2 Å². The number of hydrogen-bond acceptors (Lipinski definition) is 5.